The van der Waals surface area contributed by atoms with Gasteiger partial charge in [0.1, 0.15) is 11.6 Å². The van der Waals surface area contributed by atoms with Crippen molar-refractivity contribution < 1.29 is 9.59 Å². The third-order valence-electron chi connectivity index (χ3n) is 8.05. The molecule has 2 heteroatoms. The van der Waals surface area contributed by atoms with Crippen LogP contribution in [0, 0.1) is 34.5 Å². The third-order valence-corrected chi connectivity index (χ3v) is 8.05. The van der Waals surface area contributed by atoms with Gasteiger partial charge in [0.15, 0.2) is 0 Å². The lowest BCUT2D eigenvalue weighted by atomic mass is 9.45. The summed E-state index contributed by atoms with van der Waals surface area (Å²) in [6.45, 7) is 4.85. The number of rotatable bonds is 0. The summed E-state index contributed by atoms with van der Waals surface area (Å²) < 4.78 is 0. The lowest BCUT2D eigenvalue weighted by Crippen LogP contribution is -2.52. The number of Topliss-reactive ketones (excluding diaryl/α,β-unsaturated/α-hetero) is 2. The normalized spacial score (nSPS) is 53.0. The van der Waals surface area contributed by atoms with Gasteiger partial charge in [-0.1, -0.05) is 13.8 Å². The molecular formula is C19H28O2. The van der Waals surface area contributed by atoms with Crippen molar-refractivity contribution in [3.8, 4) is 0 Å². The van der Waals surface area contributed by atoms with E-state index in [0.29, 0.717) is 34.2 Å². The van der Waals surface area contributed by atoms with Crippen LogP contribution in [-0.2, 0) is 9.59 Å². The minimum atomic E-state index is 0.298. The van der Waals surface area contributed by atoms with Gasteiger partial charge in [0.05, 0.1) is 0 Å². The summed E-state index contributed by atoms with van der Waals surface area (Å²) in [5, 5.41) is 0. The molecular weight excluding hydrogens is 260 g/mol. The molecule has 116 valence electrons. The van der Waals surface area contributed by atoms with E-state index in [0.717, 1.165) is 43.9 Å². The van der Waals surface area contributed by atoms with Crippen molar-refractivity contribution in [1.29, 1.82) is 0 Å². The molecule has 4 rings (SSSR count). The Labute approximate surface area is 128 Å². The average Bonchev–Trinajstić information content (AvgIpc) is 2.74. The average molecular weight is 288 g/mol. The first-order valence-corrected chi connectivity index (χ1v) is 8.96. The van der Waals surface area contributed by atoms with Crippen molar-refractivity contribution >= 4 is 11.6 Å². The maximum absolute atomic E-state index is 12.1. The maximum Gasteiger partial charge on any atom is 0.133 e. The Balaban J connectivity index is 1.65. The molecule has 2 nitrogen and oxygen atoms in total. The van der Waals surface area contributed by atoms with E-state index in [1.807, 2.05) is 0 Å². The Hall–Kier alpha value is -0.660. The molecule has 4 aliphatic rings. The molecule has 0 N–H and O–H groups in total. The first-order valence-electron chi connectivity index (χ1n) is 8.96. The largest absolute Gasteiger partial charge is 0.300 e. The molecule has 0 spiro atoms. The standard InChI is InChI=1S/C19H28O2/c1-18-7-6-16-15(17(18)10-14(21)11-18)4-3-12-9-13(20)5-8-19(12,16)2/h12,15-17H,3-11H2,1-2H3/t12-,15-,16+,17+,18-,19-/m0/s1. The lowest BCUT2D eigenvalue weighted by molar-refractivity contribution is -0.137. The summed E-state index contributed by atoms with van der Waals surface area (Å²) in [7, 11) is 0. The van der Waals surface area contributed by atoms with Crippen LogP contribution < -0.4 is 0 Å². The highest BCUT2D eigenvalue weighted by molar-refractivity contribution is 5.82. The van der Waals surface area contributed by atoms with Crippen LogP contribution in [0.2, 0.25) is 0 Å². The van der Waals surface area contributed by atoms with E-state index < -0.39 is 0 Å². The van der Waals surface area contributed by atoms with Gasteiger partial charge in [-0.2, -0.15) is 0 Å². The Bertz CT molecular complexity index is 496. The summed E-state index contributed by atoms with van der Waals surface area (Å²) in [5.74, 6) is 3.79. The quantitative estimate of drug-likeness (QED) is 0.670. The van der Waals surface area contributed by atoms with E-state index in [1.165, 1.54) is 25.7 Å². The predicted molar refractivity (Wildman–Crippen MR) is 81.7 cm³/mol. The molecule has 0 radical (unpaired) electrons. The highest BCUT2D eigenvalue weighted by atomic mass is 16.1. The summed E-state index contributed by atoms with van der Waals surface area (Å²) >= 11 is 0. The maximum atomic E-state index is 12.1. The van der Waals surface area contributed by atoms with E-state index >= 15 is 0 Å². The van der Waals surface area contributed by atoms with Gasteiger partial charge >= 0.3 is 0 Å². The van der Waals surface area contributed by atoms with Gasteiger partial charge in [-0.15, -0.1) is 0 Å². The fourth-order valence-corrected chi connectivity index (χ4v) is 6.82. The first-order chi connectivity index (χ1) is 9.92. The highest BCUT2D eigenvalue weighted by Gasteiger charge is 2.59. The Kier molecular flexibility index (Phi) is 2.94. The minimum Gasteiger partial charge on any atom is -0.300 e. The number of ketones is 2. The molecule has 4 aliphatic carbocycles. The van der Waals surface area contributed by atoms with E-state index in [2.05, 4.69) is 13.8 Å². The van der Waals surface area contributed by atoms with Gasteiger partial charge in [0.2, 0.25) is 0 Å². The monoisotopic (exact) mass is 288 g/mol. The van der Waals surface area contributed by atoms with Crippen LogP contribution in [-0.4, -0.2) is 11.6 Å². The summed E-state index contributed by atoms with van der Waals surface area (Å²) in [5.41, 5.74) is 0.676. The topological polar surface area (TPSA) is 34.1 Å². The number of hydrogen-bond acceptors (Lipinski definition) is 2. The second-order valence-corrected chi connectivity index (χ2v) is 9.01. The van der Waals surface area contributed by atoms with E-state index in [4.69, 9.17) is 0 Å². The van der Waals surface area contributed by atoms with Crippen LogP contribution in [0.25, 0.3) is 0 Å². The second-order valence-electron chi connectivity index (χ2n) is 9.01. The number of carbonyl (C=O) groups excluding carboxylic acids is 2. The molecule has 4 saturated carbocycles. The molecule has 0 aliphatic heterocycles. The molecule has 0 aromatic carbocycles. The van der Waals surface area contributed by atoms with Crippen LogP contribution >= 0.6 is 0 Å². The van der Waals surface area contributed by atoms with Crippen molar-refractivity contribution in [3.05, 3.63) is 0 Å². The SMILES string of the molecule is C[C@@]12CC[C@@H]3[C@H](CC[C@H]4CC(=O)CC[C@@]43C)[C@H]1CC(=O)C2. The smallest absolute Gasteiger partial charge is 0.133 e. The van der Waals surface area contributed by atoms with Gasteiger partial charge in [-0.25, -0.2) is 0 Å². The zero-order chi connectivity index (χ0) is 14.8. The molecule has 0 aromatic rings. The Morgan fingerprint density at radius 1 is 0.905 bits per heavy atom. The molecule has 0 unspecified atom stereocenters. The zero-order valence-electron chi connectivity index (χ0n) is 13.5. The minimum absolute atomic E-state index is 0.298. The van der Waals surface area contributed by atoms with Crippen molar-refractivity contribution in [2.24, 2.45) is 34.5 Å². The van der Waals surface area contributed by atoms with Crippen molar-refractivity contribution in [2.45, 2.75) is 71.6 Å². The molecule has 0 saturated heterocycles. The van der Waals surface area contributed by atoms with E-state index in [9.17, 15) is 9.59 Å². The molecule has 4 fully saturated rings. The molecule has 0 heterocycles. The van der Waals surface area contributed by atoms with E-state index in [-0.39, 0.29) is 0 Å². The second kappa shape index (κ2) is 4.43. The molecule has 0 bridgehead atoms. The van der Waals surface area contributed by atoms with Gasteiger partial charge < -0.3 is 0 Å². The zero-order valence-corrected chi connectivity index (χ0v) is 13.5. The highest BCUT2D eigenvalue weighted by Crippen LogP contribution is 2.65. The van der Waals surface area contributed by atoms with Crippen molar-refractivity contribution in [2.75, 3.05) is 0 Å². The van der Waals surface area contributed by atoms with Gasteiger partial charge in [0, 0.05) is 25.7 Å². The fourth-order valence-electron chi connectivity index (χ4n) is 6.82. The van der Waals surface area contributed by atoms with Gasteiger partial charge in [0.25, 0.3) is 0 Å². The fraction of sp³-hybridized carbons (Fsp3) is 0.895. The predicted octanol–water partition coefficient (Wildman–Crippen LogP) is 4.17. The van der Waals surface area contributed by atoms with Crippen LogP contribution in [0.15, 0.2) is 0 Å². The molecule has 0 aromatic heterocycles. The van der Waals surface area contributed by atoms with Crippen LogP contribution in [0.4, 0.5) is 0 Å². The number of carbonyl (C=O) groups is 2. The number of fused-ring (bicyclic) bond motifs is 5. The molecule has 6 atom stereocenters. The van der Waals surface area contributed by atoms with Gasteiger partial charge in [-0.3, -0.25) is 9.59 Å². The van der Waals surface area contributed by atoms with Gasteiger partial charge in [-0.05, 0) is 66.6 Å². The van der Waals surface area contributed by atoms with Crippen molar-refractivity contribution in [1.82, 2.24) is 0 Å². The summed E-state index contributed by atoms with van der Waals surface area (Å²) in [6.07, 6.45) is 9.45. The van der Waals surface area contributed by atoms with Crippen LogP contribution in [0.3, 0.4) is 0 Å². The Morgan fingerprint density at radius 2 is 1.71 bits per heavy atom. The molecule has 21 heavy (non-hydrogen) atoms. The Morgan fingerprint density at radius 3 is 2.52 bits per heavy atom. The number of hydrogen-bond donors (Lipinski definition) is 0. The lowest BCUT2D eigenvalue weighted by Gasteiger charge is -2.59. The van der Waals surface area contributed by atoms with Crippen LogP contribution in [0.5, 0.6) is 0 Å². The third kappa shape index (κ3) is 1.90. The van der Waals surface area contributed by atoms with E-state index in [1.54, 1.807) is 0 Å². The van der Waals surface area contributed by atoms with Crippen molar-refractivity contribution in [3.63, 3.8) is 0 Å². The van der Waals surface area contributed by atoms with Crippen LogP contribution in [0.1, 0.15) is 71.6 Å². The molecule has 0 amide bonds. The summed E-state index contributed by atoms with van der Waals surface area (Å²) in [4.78, 5) is 23.9. The summed E-state index contributed by atoms with van der Waals surface area (Å²) in [6, 6.07) is 0. The first kappa shape index (κ1) is 14.0.